The van der Waals surface area contributed by atoms with E-state index in [4.69, 9.17) is 21.1 Å². The van der Waals surface area contributed by atoms with Gasteiger partial charge in [-0.1, -0.05) is 48.0 Å². The Morgan fingerprint density at radius 1 is 1.06 bits per heavy atom. The van der Waals surface area contributed by atoms with Crippen molar-refractivity contribution < 1.29 is 19.1 Å². The molecule has 1 saturated heterocycles. The van der Waals surface area contributed by atoms with Gasteiger partial charge in [-0.3, -0.25) is 4.79 Å². The second-order valence-electron chi connectivity index (χ2n) is 7.28. The monoisotopic (exact) mass is 473 g/mol. The molecule has 0 aliphatic carbocycles. The van der Waals surface area contributed by atoms with Crippen molar-refractivity contribution >= 4 is 35.3 Å². The highest BCUT2D eigenvalue weighted by Gasteiger charge is 2.34. The van der Waals surface area contributed by atoms with Crippen molar-refractivity contribution in [3.63, 3.8) is 0 Å². The van der Waals surface area contributed by atoms with E-state index in [1.807, 2.05) is 13.0 Å². The zero-order valence-electron chi connectivity index (χ0n) is 18.2. The van der Waals surface area contributed by atoms with E-state index in [2.05, 4.69) is 11.4 Å². The van der Waals surface area contributed by atoms with E-state index >= 15 is 0 Å². The number of ether oxygens (including phenoxy) is 2. The number of nitriles is 1. The number of imide groups is 1. The van der Waals surface area contributed by atoms with Crippen molar-refractivity contribution in [1.82, 2.24) is 5.32 Å². The van der Waals surface area contributed by atoms with E-state index in [-0.39, 0.29) is 17.3 Å². The van der Waals surface area contributed by atoms with Gasteiger partial charge in [-0.2, -0.15) is 5.26 Å². The molecule has 3 aromatic rings. The highest BCUT2D eigenvalue weighted by Crippen LogP contribution is 2.38. The topological polar surface area (TPSA) is 91.7 Å². The minimum Gasteiger partial charge on any atom is -0.490 e. The van der Waals surface area contributed by atoms with Crippen LogP contribution >= 0.6 is 11.6 Å². The summed E-state index contributed by atoms with van der Waals surface area (Å²) in [5.41, 5.74) is 2.37. The molecule has 3 aromatic carbocycles. The van der Waals surface area contributed by atoms with E-state index in [0.29, 0.717) is 34.9 Å². The minimum absolute atomic E-state index is 0.115. The van der Waals surface area contributed by atoms with E-state index in [1.165, 1.54) is 6.08 Å². The van der Waals surface area contributed by atoms with Crippen molar-refractivity contribution in [1.29, 1.82) is 5.26 Å². The quantitative estimate of drug-likeness (QED) is 0.372. The molecule has 0 bridgehead atoms. The third kappa shape index (κ3) is 4.72. The van der Waals surface area contributed by atoms with Crippen LogP contribution in [0.15, 0.2) is 72.4 Å². The molecule has 7 nitrogen and oxygen atoms in total. The van der Waals surface area contributed by atoms with E-state index in [9.17, 15) is 14.9 Å². The molecule has 1 fully saturated rings. The molecular weight excluding hydrogens is 454 g/mol. The number of hydrogen-bond acceptors (Lipinski definition) is 5. The number of nitrogens with one attached hydrogen (secondary N) is 1. The summed E-state index contributed by atoms with van der Waals surface area (Å²) >= 11 is 6.50. The summed E-state index contributed by atoms with van der Waals surface area (Å²) in [5, 5.41) is 12.2. The van der Waals surface area contributed by atoms with Crippen molar-refractivity contribution in [3.05, 3.63) is 94.1 Å². The predicted molar refractivity (Wildman–Crippen MR) is 129 cm³/mol. The Balaban J connectivity index is 1.61. The van der Waals surface area contributed by atoms with Crippen LogP contribution in [0.2, 0.25) is 5.02 Å². The number of carbonyl (C=O) groups is 2. The summed E-state index contributed by atoms with van der Waals surface area (Å²) in [6.45, 7) is 2.32. The molecule has 0 aromatic heterocycles. The lowest BCUT2D eigenvalue weighted by atomic mass is 10.1. The first kappa shape index (κ1) is 22.9. The van der Waals surface area contributed by atoms with E-state index in [1.54, 1.807) is 60.7 Å². The predicted octanol–water partition coefficient (Wildman–Crippen LogP) is 5.29. The van der Waals surface area contributed by atoms with Gasteiger partial charge in [0.2, 0.25) is 0 Å². The molecule has 34 heavy (non-hydrogen) atoms. The van der Waals surface area contributed by atoms with Crippen LogP contribution in [0.5, 0.6) is 11.5 Å². The second kappa shape index (κ2) is 10.1. The van der Waals surface area contributed by atoms with Crippen LogP contribution in [0.1, 0.15) is 23.6 Å². The van der Waals surface area contributed by atoms with Gasteiger partial charge in [-0.25, -0.2) is 9.69 Å². The van der Waals surface area contributed by atoms with Gasteiger partial charge in [0.05, 0.1) is 28.9 Å². The molecule has 1 aliphatic rings. The summed E-state index contributed by atoms with van der Waals surface area (Å²) in [5.74, 6) is 0.234. The van der Waals surface area contributed by atoms with Gasteiger partial charge in [0.15, 0.2) is 11.5 Å². The summed E-state index contributed by atoms with van der Waals surface area (Å²) < 4.78 is 11.6. The van der Waals surface area contributed by atoms with Gasteiger partial charge in [0.25, 0.3) is 5.91 Å². The second-order valence-corrected chi connectivity index (χ2v) is 7.69. The van der Waals surface area contributed by atoms with Crippen LogP contribution < -0.4 is 19.7 Å². The molecule has 0 atom stereocenters. The van der Waals surface area contributed by atoms with Crippen molar-refractivity contribution in [2.75, 3.05) is 11.5 Å². The Morgan fingerprint density at radius 3 is 2.53 bits per heavy atom. The lowest BCUT2D eigenvalue weighted by Crippen LogP contribution is -2.30. The number of urea groups is 1. The summed E-state index contributed by atoms with van der Waals surface area (Å²) in [4.78, 5) is 26.3. The van der Waals surface area contributed by atoms with E-state index in [0.717, 1.165) is 10.5 Å². The van der Waals surface area contributed by atoms with Crippen LogP contribution in [0.3, 0.4) is 0 Å². The molecule has 4 rings (SSSR count). The van der Waals surface area contributed by atoms with Gasteiger partial charge < -0.3 is 14.8 Å². The molecule has 1 aliphatic heterocycles. The first-order valence-electron chi connectivity index (χ1n) is 10.5. The number of hydrogen-bond donors (Lipinski definition) is 1. The third-order valence-corrected chi connectivity index (χ3v) is 5.33. The zero-order valence-corrected chi connectivity index (χ0v) is 19.0. The number of anilines is 1. The molecule has 3 amide bonds. The first-order chi connectivity index (χ1) is 16.5. The highest BCUT2D eigenvalue weighted by molar-refractivity contribution is 6.32. The van der Waals surface area contributed by atoms with Gasteiger partial charge >= 0.3 is 6.03 Å². The Kier molecular flexibility index (Phi) is 6.81. The number of amides is 3. The van der Waals surface area contributed by atoms with Crippen LogP contribution in [-0.4, -0.2) is 18.5 Å². The van der Waals surface area contributed by atoms with Gasteiger partial charge in [-0.05, 0) is 48.9 Å². The molecule has 1 heterocycles. The standard InChI is InChI=1S/C26H20ClN3O4/c1-2-33-23-14-17(12-21(27)24(23)34-16-19-9-7-6-8-18(19)15-28)13-22-25(31)30(26(32)29-22)20-10-4-3-5-11-20/h3-14H,2,16H2,1H3,(H,29,32)/b22-13+. The average molecular weight is 474 g/mol. The van der Waals surface area contributed by atoms with Crippen LogP contribution in [0.4, 0.5) is 10.5 Å². The smallest absolute Gasteiger partial charge is 0.333 e. The highest BCUT2D eigenvalue weighted by atomic mass is 35.5. The van der Waals surface area contributed by atoms with Crippen molar-refractivity contribution in [2.45, 2.75) is 13.5 Å². The average Bonchev–Trinajstić information content (AvgIpc) is 3.12. The Hall–Kier alpha value is -4.28. The summed E-state index contributed by atoms with van der Waals surface area (Å²) in [7, 11) is 0. The fourth-order valence-electron chi connectivity index (χ4n) is 3.49. The zero-order chi connectivity index (χ0) is 24.1. The number of nitrogens with zero attached hydrogens (tertiary/aromatic N) is 2. The number of para-hydroxylation sites is 1. The molecule has 0 saturated carbocycles. The fraction of sp³-hybridized carbons (Fsp3) is 0.115. The largest absolute Gasteiger partial charge is 0.490 e. The van der Waals surface area contributed by atoms with Crippen molar-refractivity contribution in [3.8, 4) is 17.6 Å². The molecule has 1 N–H and O–H groups in total. The first-order valence-corrected chi connectivity index (χ1v) is 10.9. The van der Waals surface area contributed by atoms with E-state index < -0.39 is 11.9 Å². The Bertz CT molecular complexity index is 1320. The minimum atomic E-state index is -0.533. The summed E-state index contributed by atoms with van der Waals surface area (Å²) in [6, 6.07) is 20.7. The van der Waals surface area contributed by atoms with Gasteiger partial charge in [0.1, 0.15) is 12.3 Å². The maximum atomic E-state index is 12.9. The number of benzene rings is 3. The van der Waals surface area contributed by atoms with Gasteiger partial charge in [0, 0.05) is 5.56 Å². The normalized spacial score (nSPS) is 14.1. The summed E-state index contributed by atoms with van der Waals surface area (Å²) in [6.07, 6.45) is 1.53. The van der Waals surface area contributed by atoms with Crippen LogP contribution in [0, 0.1) is 11.3 Å². The van der Waals surface area contributed by atoms with Crippen LogP contribution in [0.25, 0.3) is 6.08 Å². The van der Waals surface area contributed by atoms with Crippen molar-refractivity contribution in [2.24, 2.45) is 0 Å². The lowest BCUT2D eigenvalue weighted by Gasteiger charge is -2.15. The number of carbonyl (C=O) groups excluding carboxylic acids is 2. The molecular formula is C26H20ClN3O4. The molecule has 170 valence electrons. The molecule has 0 radical (unpaired) electrons. The number of rotatable bonds is 7. The fourth-order valence-corrected chi connectivity index (χ4v) is 3.77. The molecule has 0 spiro atoms. The Labute approximate surface area is 201 Å². The maximum absolute atomic E-state index is 12.9. The number of halogens is 1. The third-order valence-electron chi connectivity index (χ3n) is 5.05. The molecule has 0 unspecified atom stereocenters. The lowest BCUT2D eigenvalue weighted by molar-refractivity contribution is -0.113. The molecule has 8 heteroatoms. The maximum Gasteiger partial charge on any atom is 0.333 e. The SMILES string of the molecule is CCOc1cc(/C=C2/NC(=O)N(c3ccccc3)C2=O)cc(Cl)c1OCc1ccccc1C#N. The van der Waals surface area contributed by atoms with Crippen LogP contribution in [-0.2, 0) is 11.4 Å². The Morgan fingerprint density at radius 2 is 1.79 bits per heavy atom. The van der Waals surface area contributed by atoms with Gasteiger partial charge in [-0.15, -0.1) is 0 Å².